The molecule has 0 saturated carbocycles. The van der Waals surface area contributed by atoms with Gasteiger partial charge in [-0.2, -0.15) is 0 Å². The van der Waals surface area contributed by atoms with Crippen LogP contribution in [0, 0.1) is 0 Å². The highest BCUT2D eigenvalue weighted by molar-refractivity contribution is 6.07. The highest BCUT2D eigenvalue weighted by Crippen LogP contribution is 2.48. The Labute approximate surface area is 186 Å². The summed E-state index contributed by atoms with van der Waals surface area (Å²) in [6, 6.07) is 0.416. The van der Waals surface area contributed by atoms with Crippen LogP contribution < -0.4 is 14.8 Å². The van der Waals surface area contributed by atoms with Crippen LogP contribution in [0.5, 0.6) is 17.2 Å². The van der Waals surface area contributed by atoms with Crippen LogP contribution in [0.3, 0.4) is 0 Å². The Bertz CT molecular complexity index is 996. The van der Waals surface area contributed by atoms with Gasteiger partial charge in [0.05, 0.1) is 18.2 Å². The first-order valence-electron chi connectivity index (χ1n) is 10.2. The highest BCUT2D eigenvalue weighted by atomic mass is 16.7. The normalized spacial score (nSPS) is 39.4. The Morgan fingerprint density at radius 3 is 2.52 bits per heavy atom. The van der Waals surface area contributed by atoms with Gasteiger partial charge in [-0.3, -0.25) is 4.79 Å². The van der Waals surface area contributed by atoms with Crippen LogP contribution >= 0.6 is 0 Å². The van der Waals surface area contributed by atoms with E-state index < -0.39 is 73.3 Å². The summed E-state index contributed by atoms with van der Waals surface area (Å²) in [5.41, 5.74) is 0.404. The maximum absolute atomic E-state index is 12.6. The molecule has 0 bridgehead atoms. The third-order valence-corrected chi connectivity index (χ3v) is 6.31. The van der Waals surface area contributed by atoms with Gasteiger partial charge in [-0.15, -0.1) is 0 Å². The lowest BCUT2D eigenvalue weighted by atomic mass is 9.79. The van der Waals surface area contributed by atoms with E-state index in [1.807, 2.05) is 0 Å². The van der Waals surface area contributed by atoms with Crippen LogP contribution in [0.1, 0.15) is 15.9 Å². The molecule has 13 nitrogen and oxygen atoms in total. The lowest BCUT2D eigenvalue weighted by molar-refractivity contribution is -0.314. The van der Waals surface area contributed by atoms with Gasteiger partial charge in [0.2, 0.25) is 12.5 Å². The molecule has 3 aliphatic heterocycles. The number of rotatable bonds is 3. The predicted octanol–water partition coefficient (Wildman–Crippen LogP) is -3.46. The molecule has 9 atom stereocenters. The molecular weight excluding hydrogens is 446 g/mol. The third-order valence-electron chi connectivity index (χ3n) is 6.31. The first kappa shape index (κ1) is 22.3. The van der Waals surface area contributed by atoms with Gasteiger partial charge in [-0.1, -0.05) is 0 Å². The molecule has 0 spiro atoms. The number of aliphatic hydroxyl groups excluding tert-OH is 6. The maximum atomic E-state index is 12.6. The van der Waals surface area contributed by atoms with E-state index in [0.29, 0.717) is 5.57 Å². The third kappa shape index (κ3) is 3.36. The van der Waals surface area contributed by atoms with Crippen molar-refractivity contribution in [1.82, 2.24) is 5.32 Å². The zero-order valence-electron chi connectivity index (χ0n) is 16.9. The van der Waals surface area contributed by atoms with Crippen LogP contribution in [0.4, 0.5) is 0 Å². The van der Waals surface area contributed by atoms with E-state index in [1.165, 1.54) is 12.1 Å². The summed E-state index contributed by atoms with van der Waals surface area (Å²) in [6.07, 6.45) is -10.9. The SMILES string of the molecule is O=C1N[C@@H]2C(=C[C@H](O[C@@H]3O[C@H](CO)[C@@H](O)[C@H](O)[C@H]3O)[C@@H](O)[C@H]2O)c2cc3c(c(O)c21)OCO3. The number of hydrogen-bond donors (Lipinski definition) is 8. The van der Waals surface area contributed by atoms with E-state index in [2.05, 4.69) is 5.32 Å². The number of phenols is 1. The standard InChI is InChI=1S/C20H23NO12/c22-3-9-13(24)16(27)17(28)20(33-9)32-7-2-6-5-1-8-18(31-4-30-8)14(25)10(5)19(29)21-11(6)15(26)12(7)23/h1-2,7,9,11-13,15-17,20,22-28H,3-4H2,(H,21,29)/t7-,9+,11+,12+,13+,15-,16-,17+,20+/m0/s1. The van der Waals surface area contributed by atoms with E-state index >= 15 is 0 Å². The topological polar surface area (TPSA) is 208 Å². The van der Waals surface area contributed by atoms with Crippen molar-refractivity contribution < 1.29 is 59.5 Å². The average Bonchev–Trinajstić information content (AvgIpc) is 3.27. The number of aromatic hydroxyl groups is 1. The number of fused-ring (bicyclic) bond motifs is 4. The zero-order chi connectivity index (χ0) is 23.6. The molecule has 1 aromatic carbocycles. The number of ether oxygens (including phenoxy) is 4. The molecule has 4 aliphatic rings. The van der Waals surface area contributed by atoms with Crippen molar-refractivity contribution in [3.05, 3.63) is 23.3 Å². The van der Waals surface area contributed by atoms with Crippen LogP contribution in [-0.2, 0) is 9.47 Å². The van der Waals surface area contributed by atoms with E-state index in [9.17, 15) is 40.5 Å². The minimum atomic E-state index is -1.72. The molecule has 1 fully saturated rings. The molecule has 13 heteroatoms. The number of hydrogen-bond acceptors (Lipinski definition) is 12. The first-order valence-corrected chi connectivity index (χ1v) is 10.2. The van der Waals surface area contributed by atoms with Crippen LogP contribution in [0.25, 0.3) is 5.57 Å². The van der Waals surface area contributed by atoms with Crippen molar-refractivity contribution in [1.29, 1.82) is 0 Å². The fraction of sp³-hybridized carbons (Fsp3) is 0.550. The molecule has 1 amide bonds. The lowest BCUT2D eigenvalue weighted by Gasteiger charge is -2.44. The van der Waals surface area contributed by atoms with E-state index in [4.69, 9.17) is 18.9 Å². The molecule has 1 aliphatic carbocycles. The second kappa shape index (κ2) is 8.07. The summed E-state index contributed by atoms with van der Waals surface area (Å²) in [6.45, 7) is -0.824. The van der Waals surface area contributed by atoms with Gasteiger partial charge in [-0.25, -0.2) is 0 Å². The highest BCUT2D eigenvalue weighted by Gasteiger charge is 2.49. The monoisotopic (exact) mass is 469 g/mol. The first-order chi connectivity index (χ1) is 15.7. The molecule has 3 heterocycles. The number of carbonyl (C=O) groups excluding carboxylic acids is 1. The van der Waals surface area contributed by atoms with Gasteiger partial charge in [0.1, 0.15) is 42.7 Å². The Balaban J connectivity index is 1.52. The smallest absolute Gasteiger partial charge is 0.256 e. The number of aliphatic hydroxyl groups is 6. The number of nitrogens with one attached hydrogen (secondary N) is 1. The van der Waals surface area contributed by atoms with E-state index in [1.54, 1.807) is 0 Å². The van der Waals surface area contributed by atoms with Crippen molar-refractivity contribution in [2.24, 2.45) is 0 Å². The largest absolute Gasteiger partial charge is 0.504 e. The summed E-state index contributed by atoms with van der Waals surface area (Å²) >= 11 is 0. The van der Waals surface area contributed by atoms with Crippen molar-refractivity contribution in [3.63, 3.8) is 0 Å². The van der Waals surface area contributed by atoms with Crippen molar-refractivity contribution in [2.45, 2.75) is 55.1 Å². The fourth-order valence-corrected chi connectivity index (χ4v) is 4.53. The number of phenolic OH excluding ortho intramolecular Hbond substituents is 1. The fourth-order valence-electron chi connectivity index (χ4n) is 4.53. The molecule has 33 heavy (non-hydrogen) atoms. The van der Waals surface area contributed by atoms with Crippen molar-refractivity contribution in [2.75, 3.05) is 13.4 Å². The second-order valence-corrected chi connectivity index (χ2v) is 8.23. The molecule has 0 unspecified atom stereocenters. The Morgan fingerprint density at radius 2 is 1.79 bits per heavy atom. The van der Waals surface area contributed by atoms with Gasteiger partial charge >= 0.3 is 0 Å². The molecule has 1 saturated heterocycles. The minimum Gasteiger partial charge on any atom is -0.504 e. The van der Waals surface area contributed by atoms with Crippen LogP contribution in [0.2, 0.25) is 0 Å². The van der Waals surface area contributed by atoms with Gasteiger partial charge in [0.15, 0.2) is 17.8 Å². The van der Waals surface area contributed by atoms with Gasteiger partial charge in [0, 0.05) is 5.56 Å². The summed E-state index contributed by atoms with van der Waals surface area (Å²) in [7, 11) is 0. The molecule has 8 N–H and O–H groups in total. The summed E-state index contributed by atoms with van der Waals surface area (Å²) in [5.74, 6) is -0.938. The van der Waals surface area contributed by atoms with Crippen molar-refractivity contribution in [3.8, 4) is 17.2 Å². The Hall–Kier alpha value is -2.49. The summed E-state index contributed by atoms with van der Waals surface area (Å²) in [5, 5.41) is 73.9. The molecule has 0 radical (unpaired) electrons. The van der Waals surface area contributed by atoms with Gasteiger partial charge in [0.25, 0.3) is 5.91 Å². The predicted molar refractivity (Wildman–Crippen MR) is 104 cm³/mol. The number of benzene rings is 1. The summed E-state index contributed by atoms with van der Waals surface area (Å²) < 4.78 is 21.4. The van der Waals surface area contributed by atoms with E-state index in [0.717, 1.165) is 0 Å². The molecule has 5 rings (SSSR count). The number of amides is 1. The molecule has 0 aromatic heterocycles. The van der Waals surface area contributed by atoms with Gasteiger partial charge in [-0.05, 0) is 17.7 Å². The van der Waals surface area contributed by atoms with Crippen LogP contribution in [0.15, 0.2) is 12.1 Å². The maximum Gasteiger partial charge on any atom is 0.256 e. The molecular formula is C20H23NO12. The second-order valence-electron chi connectivity index (χ2n) is 8.23. The quantitative estimate of drug-likeness (QED) is 0.217. The van der Waals surface area contributed by atoms with Crippen LogP contribution in [-0.4, -0.2) is 110 Å². The lowest BCUT2D eigenvalue weighted by Crippen LogP contribution is -2.62. The van der Waals surface area contributed by atoms with Gasteiger partial charge < -0.3 is 60.0 Å². The Morgan fingerprint density at radius 1 is 1.03 bits per heavy atom. The number of carbonyl (C=O) groups is 1. The summed E-state index contributed by atoms with van der Waals surface area (Å²) in [4.78, 5) is 12.6. The zero-order valence-corrected chi connectivity index (χ0v) is 16.9. The molecule has 180 valence electrons. The average molecular weight is 469 g/mol. The minimum absolute atomic E-state index is 0.00783. The van der Waals surface area contributed by atoms with E-state index in [-0.39, 0.29) is 29.4 Å². The van der Waals surface area contributed by atoms with Crippen molar-refractivity contribution >= 4 is 11.5 Å². The molecule has 1 aromatic rings. The Kier molecular flexibility index (Phi) is 5.46.